The molecule has 0 radical (unpaired) electrons. The fourth-order valence-corrected chi connectivity index (χ4v) is 2.32. The summed E-state index contributed by atoms with van der Waals surface area (Å²) >= 11 is 5.77. The van der Waals surface area contributed by atoms with Crippen LogP contribution in [0.25, 0.3) is 0 Å². The molecule has 0 bridgehead atoms. The van der Waals surface area contributed by atoms with Crippen LogP contribution >= 0.6 is 11.6 Å². The molecule has 110 valence electrons. The zero-order valence-corrected chi connectivity index (χ0v) is 11.7. The van der Waals surface area contributed by atoms with Gasteiger partial charge in [-0.25, -0.2) is 0 Å². The standard InChI is InChI=1S/C13H13ClN4O3/c14-8-6-7(3-4-10(8)19)16-12(20)11-17-13(21-18-11)9-2-1-5-15-9/h3-4,6,9,15,19H,1-2,5H2,(H,16,20). The van der Waals surface area contributed by atoms with E-state index in [1.54, 1.807) is 0 Å². The van der Waals surface area contributed by atoms with Crippen LogP contribution < -0.4 is 10.6 Å². The second kappa shape index (κ2) is 5.71. The van der Waals surface area contributed by atoms with E-state index in [1.807, 2.05) is 0 Å². The molecular formula is C13H13ClN4O3. The van der Waals surface area contributed by atoms with Crippen LogP contribution in [0, 0.1) is 0 Å². The highest BCUT2D eigenvalue weighted by Gasteiger charge is 2.24. The summed E-state index contributed by atoms with van der Waals surface area (Å²) in [5.41, 5.74) is 0.438. The van der Waals surface area contributed by atoms with Crippen LogP contribution in [0.5, 0.6) is 5.75 Å². The monoisotopic (exact) mass is 308 g/mol. The van der Waals surface area contributed by atoms with Crippen LogP contribution in [-0.4, -0.2) is 27.7 Å². The predicted molar refractivity (Wildman–Crippen MR) is 75.3 cm³/mol. The molecule has 7 nitrogen and oxygen atoms in total. The first-order valence-electron chi connectivity index (χ1n) is 6.50. The molecule has 1 aromatic carbocycles. The first-order valence-corrected chi connectivity index (χ1v) is 6.88. The van der Waals surface area contributed by atoms with Gasteiger partial charge in [-0.3, -0.25) is 4.79 Å². The summed E-state index contributed by atoms with van der Waals surface area (Å²) in [4.78, 5) is 16.1. The number of carbonyl (C=O) groups excluding carboxylic acids is 1. The maximum Gasteiger partial charge on any atom is 0.297 e. The van der Waals surface area contributed by atoms with Crippen LogP contribution in [0.3, 0.4) is 0 Å². The number of rotatable bonds is 3. The van der Waals surface area contributed by atoms with Gasteiger partial charge < -0.3 is 20.3 Å². The zero-order valence-electron chi connectivity index (χ0n) is 11.0. The molecular weight excluding hydrogens is 296 g/mol. The Balaban J connectivity index is 1.71. The number of amides is 1. The number of nitrogens with zero attached hydrogens (tertiary/aromatic N) is 2. The smallest absolute Gasteiger partial charge is 0.297 e. The summed E-state index contributed by atoms with van der Waals surface area (Å²) < 4.78 is 5.10. The number of hydrogen-bond donors (Lipinski definition) is 3. The van der Waals surface area contributed by atoms with E-state index in [9.17, 15) is 9.90 Å². The van der Waals surface area contributed by atoms with Crippen molar-refractivity contribution < 1.29 is 14.4 Å². The third-order valence-corrected chi connectivity index (χ3v) is 3.51. The van der Waals surface area contributed by atoms with Gasteiger partial charge in [0.2, 0.25) is 5.89 Å². The molecule has 1 saturated heterocycles. The van der Waals surface area contributed by atoms with Crippen molar-refractivity contribution in [2.45, 2.75) is 18.9 Å². The normalized spacial score (nSPS) is 17.9. The molecule has 1 aliphatic heterocycles. The van der Waals surface area contributed by atoms with Gasteiger partial charge in [0.05, 0.1) is 11.1 Å². The van der Waals surface area contributed by atoms with Crippen LogP contribution in [-0.2, 0) is 0 Å². The van der Waals surface area contributed by atoms with Crippen molar-refractivity contribution in [2.24, 2.45) is 0 Å². The van der Waals surface area contributed by atoms with Gasteiger partial charge in [-0.15, -0.1) is 0 Å². The van der Waals surface area contributed by atoms with E-state index in [0.29, 0.717) is 11.6 Å². The fourth-order valence-electron chi connectivity index (χ4n) is 2.14. The molecule has 21 heavy (non-hydrogen) atoms. The number of aromatic hydroxyl groups is 1. The third-order valence-electron chi connectivity index (χ3n) is 3.21. The number of nitrogens with one attached hydrogen (secondary N) is 2. The van der Waals surface area contributed by atoms with Gasteiger partial charge in [-0.2, -0.15) is 4.98 Å². The van der Waals surface area contributed by atoms with Crippen molar-refractivity contribution >= 4 is 23.2 Å². The molecule has 1 aromatic heterocycles. The highest BCUT2D eigenvalue weighted by atomic mass is 35.5. The number of benzene rings is 1. The Hall–Kier alpha value is -2.12. The van der Waals surface area contributed by atoms with Gasteiger partial charge >= 0.3 is 0 Å². The summed E-state index contributed by atoms with van der Waals surface area (Å²) in [6.07, 6.45) is 1.96. The predicted octanol–water partition coefficient (Wildman–Crippen LogP) is 2.11. The van der Waals surface area contributed by atoms with E-state index in [4.69, 9.17) is 16.1 Å². The number of carbonyl (C=O) groups is 1. The minimum Gasteiger partial charge on any atom is -0.506 e. The molecule has 0 spiro atoms. The van der Waals surface area contributed by atoms with Gasteiger partial charge in [-0.05, 0) is 37.6 Å². The molecule has 1 fully saturated rings. The van der Waals surface area contributed by atoms with Crippen molar-refractivity contribution in [3.8, 4) is 5.75 Å². The Kier molecular flexibility index (Phi) is 3.76. The summed E-state index contributed by atoms with van der Waals surface area (Å²) in [7, 11) is 0. The number of halogens is 1. The number of anilines is 1. The molecule has 3 rings (SSSR count). The van der Waals surface area contributed by atoms with Crippen molar-refractivity contribution in [3.05, 3.63) is 34.9 Å². The van der Waals surface area contributed by atoms with Crippen LogP contribution in [0.4, 0.5) is 5.69 Å². The van der Waals surface area contributed by atoms with Gasteiger partial charge in [-0.1, -0.05) is 16.8 Å². The highest BCUT2D eigenvalue weighted by Crippen LogP contribution is 2.26. The van der Waals surface area contributed by atoms with E-state index in [2.05, 4.69) is 20.8 Å². The maximum atomic E-state index is 12.0. The lowest BCUT2D eigenvalue weighted by atomic mass is 10.2. The summed E-state index contributed by atoms with van der Waals surface area (Å²) in [6, 6.07) is 4.37. The van der Waals surface area contributed by atoms with Gasteiger partial charge in [0.1, 0.15) is 5.75 Å². The first-order chi connectivity index (χ1) is 10.1. The van der Waals surface area contributed by atoms with Crippen molar-refractivity contribution in [3.63, 3.8) is 0 Å². The van der Waals surface area contributed by atoms with Crippen molar-refractivity contribution in [1.82, 2.24) is 15.5 Å². The molecule has 2 aromatic rings. The lowest BCUT2D eigenvalue weighted by Gasteiger charge is -2.04. The molecule has 1 amide bonds. The lowest BCUT2D eigenvalue weighted by Crippen LogP contribution is -2.15. The van der Waals surface area contributed by atoms with E-state index in [1.165, 1.54) is 18.2 Å². The first kappa shape index (κ1) is 13.8. The van der Waals surface area contributed by atoms with Crippen molar-refractivity contribution in [1.29, 1.82) is 0 Å². The molecule has 3 N–H and O–H groups in total. The SMILES string of the molecule is O=C(Nc1ccc(O)c(Cl)c1)c1noc(C2CCCN2)n1. The summed E-state index contributed by atoms with van der Waals surface area (Å²) in [5, 5.41) is 19.0. The maximum absolute atomic E-state index is 12.0. The summed E-state index contributed by atoms with van der Waals surface area (Å²) in [5.74, 6) is -0.169. The molecule has 1 aliphatic rings. The van der Waals surface area contributed by atoms with Crippen LogP contribution in [0.1, 0.15) is 35.4 Å². The van der Waals surface area contributed by atoms with Crippen LogP contribution in [0.2, 0.25) is 5.02 Å². The molecule has 2 heterocycles. The molecule has 0 aliphatic carbocycles. The molecule has 8 heteroatoms. The van der Waals surface area contributed by atoms with E-state index < -0.39 is 5.91 Å². The topological polar surface area (TPSA) is 100 Å². The van der Waals surface area contributed by atoms with E-state index >= 15 is 0 Å². The average Bonchev–Trinajstić information content (AvgIpc) is 3.12. The fraction of sp³-hybridized carbons (Fsp3) is 0.308. The number of phenols is 1. The third kappa shape index (κ3) is 2.98. The van der Waals surface area contributed by atoms with E-state index in [0.717, 1.165) is 19.4 Å². The molecule has 0 saturated carbocycles. The quantitative estimate of drug-likeness (QED) is 0.751. The van der Waals surface area contributed by atoms with Gasteiger partial charge in [0.15, 0.2) is 0 Å². The Labute approximate surface area is 125 Å². The van der Waals surface area contributed by atoms with Gasteiger partial charge in [0.25, 0.3) is 11.7 Å². The Morgan fingerprint density at radius 2 is 2.38 bits per heavy atom. The largest absolute Gasteiger partial charge is 0.506 e. The lowest BCUT2D eigenvalue weighted by molar-refractivity contribution is 0.101. The summed E-state index contributed by atoms with van der Waals surface area (Å²) in [6.45, 7) is 0.903. The van der Waals surface area contributed by atoms with Crippen LogP contribution in [0.15, 0.2) is 22.7 Å². The Morgan fingerprint density at radius 3 is 3.10 bits per heavy atom. The minimum absolute atomic E-state index is 0.0159. The molecule has 1 unspecified atom stereocenters. The zero-order chi connectivity index (χ0) is 14.8. The minimum atomic E-state index is -0.496. The Bertz CT molecular complexity index is 667. The number of phenolic OH excluding ortho intramolecular Hbond substituents is 1. The number of hydrogen-bond acceptors (Lipinski definition) is 6. The average molecular weight is 309 g/mol. The Morgan fingerprint density at radius 1 is 1.52 bits per heavy atom. The van der Waals surface area contributed by atoms with E-state index in [-0.39, 0.29) is 22.6 Å². The van der Waals surface area contributed by atoms with Crippen molar-refractivity contribution in [2.75, 3.05) is 11.9 Å². The number of aromatic nitrogens is 2. The highest BCUT2D eigenvalue weighted by molar-refractivity contribution is 6.32. The second-order valence-corrected chi connectivity index (χ2v) is 5.13. The molecule has 1 atom stereocenters. The second-order valence-electron chi connectivity index (χ2n) is 4.73. The van der Waals surface area contributed by atoms with Gasteiger partial charge in [0, 0.05) is 5.69 Å².